The second-order valence-corrected chi connectivity index (χ2v) is 7.65. The molecule has 1 aliphatic carbocycles. The quantitative estimate of drug-likeness (QED) is 0.655. The Hall–Kier alpha value is -2.27. The molecule has 3 heterocycles. The number of nitrogens with zero attached hydrogens (tertiary/aromatic N) is 1. The number of methoxy groups -OCH3 is 2. The molecule has 0 amide bonds. The number of hydrogen-bond acceptors (Lipinski definition) is 5. The third kappa shape index (κ3) is 1.72. The monoisotopic (exact) mass is 352 g/mol. The van der Waals surface area contributed by atoms with Gasteiger partial charge in [-0.1, -0.05) is 23.8 Å². The molecule has 136 valence electrons. The summed E-state index contributed by atoms with van der Waals surface area (Å²) in [5.74, 6) is 0.770. The summed E-state index contributed by atoms with van der Waals surface area (Å²) in [6, 6.07) is 6.65. The number of rotatable bonds is 2. The minimum Gasteiger partial charge on any atom is -0.495 e. The van der Waals surface area contributed by atoms with Gasteiger partial charge in [0.25, 0.3) is 0 Å². The van der Waals surface area contributed by atoms with Crippen LogP contribution in [0.3, 0.4) is 0 Å². The van der Waals surface area contributed by atoms with Crippen LogP contribution in [0.5, 0.6) is 5.75 Å². The van der Waals surface area contributed by atoms with Crippen LogP contribution in [0.25, 0.3) is 0 Å². The Morgan fingerprint density at radius 3 is 2.96 bits per heavy atom. The van der Waals surface area contributed by atoms with Gasteiger partial charge in [0, 0.05) is 30.7 Å². The fourth-order valence-corrected chi connectivity index (χ4v) is 5.82. The average Bonchev–Trinajstić information content (AvgIpc) is 3.23. The lowest BCUT2D eigenvalue weighted by molar-refractivity contribution is -0.137. The molecule has 4 aliphatic rings. The van der Waals surface area contributed by atoms with E-state index in [9.17, 15) is 4.79 Å². The summed E-state index contributed by atoms with van der Waals surface area (Å²) in [7, 11) is 3.18. The van der Waals surface area contributed by atoms with E-state index in [1.54, 1.807) is 7.11 Å². The summed E-state index contributed by atoms with van der Waals surface area (Å²) >= 11 is 0. The number of hydrogen-bond donors (Lipinski definition) is 1. The Kier molecular flexibility index (Phi) is 3.29. The largest absolute Gasteiger partial charge is 0.495 e. The minimum atomic E-state index is -0.207. The second-order valence-electron chi connectivity index (χ2n) is 7.65. The van der Waals surface area contributed by atoms with Gasteiger partial charge >= 0.3 is 5.97 Å². The lowest BCUT2D eigenvalue weighted by atomic mass is 9.62. The molecule has 0 radical (unpaired) electrons. The van der Waals surface area contributed by atoms with Crippen LogP contribution in [-0.4, -0.2) is 44.2 Å². The normalized spacial score (nSPS) is 33.0. The maximum Gasteiger partial charge on any atom is 0.336 e. The van der Waals surface area contributed by atoms with Crippen molar-refractivity contribution in [2.24, 2.45) is 5.92 Å². The van der Waals surface area contributed by atoms with Crippen molar-refractivity contribution >= 4 is 11.7 Å². The molecule has 5 heteroatoms. The molecule has 3 atom stereocenters. The van der Waals surface area contributed by atoms with E-state index in [0.717, 1.165) is 48.6 Å². The Bertz CT molecular complexity index is 872. The van der Waals surface area contributed by atoms with Crippen molar-refractivity contribution in [3.8, 4) is 5.75 Å². The van der Waals surface area contributed by atoms with Crippen LogP contribution in [0.15, 0.2) is 41.1 Å². The van der Waals surface area contributed by atoms with Crippen molar-refractivity contribution in [1.29, 1.82) is 0 Å². The highest BCUT2D eigenvalue weighted by atomic mass is 16.5. The Morgan fingerprint density at radius 1 is 1.38 bits per heavy atom. The predicted molar refractivity (Wildman–Crippen MR) is 99.2 cm³/mol. The number of benzene rings is 1. The first-order chi connectivity index (χ1) is 12.7. The van der Waals surface area contributed by atoms with Gasteiger partial charge < -0.3 is 14.8 Å². The predicted octanol–water partition coefficient (Wildman–Crippen LogP) is 2.84. The molecule has 0 saturated carbocycles. The molecule has 1 aromatic carbocycles. The van der Waals surface area contributed by atoms with Crippen molar-refractivity contribution in [1.82, 2.24) is 4.90 Å². The van der Waals surface area contributed by atoms with Gasteiger partial charge in [-0.15, -0.1) is 0 Å². The third-order valence-electron chi connectivity index (χ3n) is 6.91. The standard InChI is InChI=1S/C21H24N2O3/c1-4-12-11-23-9-8-21-14-6-5-7-15(25-2)18(14)22-19(21)17(20(24)26-3)13(12)10-16(21)23/h4-7,13,16,22H,8-11H2,1-3H3/b12-4-/t13-,16-,21+/m0/s1. The summed E-state index contributed by atoms with van der Waals surface area (Å²) in [5.41, 5.74) is 5.33. The van der Waals surface area contributed by atoms with Gasteiger partial charge in [0.1, 0.15) is 5.75 Å². The molecule has 5 rings (SSSR count). The van der Waals surface area contributed by atoms with Crippen molar-refractivity contribution in [3.63, 3.8) is 0 Å². The van der Waals surface area contributed by atoms with Crippen molar-refractivity contribution in [2.45, 2.75) is 31.2 Å². The van der Waals surface area contributed by atoms with Gasteiger partial charge in [-0.25, -0.2) is 4.79 Å². The first-order valence-electron chi connectivity index (χ1n) is 9.32. The molecule has 1 N–H and O–H groups in total. The number of anilines is 1. The number of esters is 1. The zero-order valence-electron chi connectivity index (χ0n) is 15.5. The van der Waals surface area contributed by atoms with Crippen LogP contribution in [-0.2, 0) is 14.9 Å². The highest BCUT2D eigenvalue weighted by molar-refractivity contribution is 5.94. The average molecular weight is 352 g/mol. The SMILES string of the molecule is C/C=C1/CN2CC[C@]34C(=C(C(=O)OC)[C@H]1C[C@H]23)Nc1c(OC)cccc14. The molecular weight excluding hydrogens is 328 g/mol. The van der Waals surface area contributed by atoms with Crippen LogP contribution in [0.2, 0.25) is 0 Å². The number of ether oxygens (including phenoxy) is 2. The molecule has 26 heavy (non-hydrogen) atoms. The molecule has 1 aromatic rings. The Balaban J connectivity index is 1.82. The van der Waals surface area contributed by atoms with Crippen molar-refractivity contribution < 1.29 is 14.3 Å². The maximum absolute atomic E-state index is 12.9. The number of para-hydroxylation sites is 1. The summed E-state index contributed by atoms with van der Waals surface area (Å²) in [5, 5.41) is 3.61. The lowest BCUT2D eigenvalue weighted by Gasteiger charge is -2.48. The number of fused-ring (bicyclic) bond motifs is 2. The molecule has 2 saturated heterocycles. The number of carbonyl (C=O) groups excluding carboxylic acids is 1. The van der Waals surface area contributed by atoms with Gasteiger partial charge in [0.15, 0.2) is 0 Å². The van der Waals surface area contributed by atoms with Crippen LogP contribution in [0.1, 0.15) is 25.3 Å². The van der Waals surface area contributed by atoms with Crippen LogP contribution in [0.4, 0.5) is 5.69 Å². The Labute approximate surface area is 153 Å². The summed E-state index contributed by atoms with van der Waals surface area (Å²) in [6.07, 6.45) is 4.18. The third-order valence-corrected chi connectivity index (χ3v) is 6.91. The van der Waals surface area contributed by atoms with Gasteiger partial charge in [-0.05, 0) is 31.4 Å². The fraction of sp³-hybridized carbons (Fsp3) is 0.476. The van der Waals surface area contributed by atoms with E-state index >= 15 is 0 Å². The summed E-state index contributed by atoms with van der Waals surface area (Å²) < 4.78 is 10.8. The van der Waals surface area contributed by atoms with E-state index in [0.29, 0.717) is 6.04 Å². The zero-order valence-corrected chi connectivity index (χ0v) is 15.5. The van der Waals surface area contributed by atoms with Gasteiger partial charge in [-0.2, -0.15) is 0 Å². The van der Waals surface area contributed by atoms with Gasteiger partial charge in [-0.3, -0.25) is 4.90 Å². The number of nitrogens with one attached hydrogen (secondary N) is 1. The first-order valence-corrected chi connectivity index (χ1v) is 9.32. The van der Waals surface area contributed by atoms with Crippen molar-refractivity contribution in [2.75, 3.05) is 32.6 Å². The van der Waals surface area contributed by atoms with Crippen LogP contribution in [0, 0.1) is 5.92 Å². The number of carbonyl (C=O) groups is 1. The second kappa shape index (κ2) is 5.36. The summed E-state index contributed by atoms with van der Waals surface area (Å²) in [4.78, 5) is 15.4. The molecule has 3 aliphatic heterocycles. The highest BCUT2D eigenvalue weighted by Gasteiger charge is 2.62. The molecule has 2 fully saturated rings. The van der Waals surface area contributed by atoms with Crippen molar-refractivity contribution in [3.05, 3.63) is 46.7 Å². The summed E-state index contributed by atoms with van der Waals surface area (Å²) in [6.45, 7) is 4.07. The van der Waals surface area contributed by atoms with Crippen LogP contribution < -0.4 is 10.1 Å². The van der Waals surface area contributed by atoms with Gasteiger partial charge in [0.05, 0.1) is 30.9 Å². The van der Waals surface area contributed by atoms with E-state index in [1.807, 2.05) is 6.07 Å². The van der Waals surface area contributed by atoms with E-state index < -0.39 is 0 Å². The first kappa shape index (κ1) is 15.9. The molecule has 2 bridgehead atoms. The fourth-order valence-electron chi connectivity index (χ4n) is 5.82. The highest BCUT2D eigenvalue weighted by Crippen LogP contribution is 2.62. The van der Waals surface area contributed by atoms with Gasteiger partial charge in [0.2, 0.25) is 0 Å². The number of allylic oxidation sites excluding steroid dienone is 1. The molecule has 0 aromatic heterocycles. The lowest BCUT2D eigenvalue weighted by Crippen LogP contribution is -2.53. The van der Waals surface area contributed by atoms with E-state index in [1.165, 1.54) is 18.2 Å². The van der Waals surface area contributed by atoms with E-state index in [4.69, 9.17) is 9.47 Å². The Morgan fingerprint density at radius 2 is 2.23 bits per heavy atom. The maximum atomic E-state index is 12.9. The smallest absolute Gasteiger partial charge is 0.336 e. The van der Waals surface area contributed by atoms with E-state index in [-0.39, 0.29) is 17.3 Å². The number of piperidine rings is 1. The van der Waals surface area contributed by atoms with Crippen LogP contribution >= 0.6 is 0 Å². The molecule has 5 nitrogen and oxygen atoms in total. The zero-order chi connectivity index (χ0) is 18.1. The minimum absolute atomic E-state index is 0.141. The molecular formula is C21H24N2O3. The molecule has 0 unspecified atom stereocenters. The molecule has 1 spiro atoms. The van der Waals surface area contributed by atoms with E-state index in [2.05, 4.69) is 35.3 Å². The topological polar surface area (TPSA) is 50.8 Å².